The number of benzene rings is 3. The van der Waals surface area contributed by atoms with Crippen LogP contribution in [0.2, 0.25) is 5.02 Å². The van der Waals surface area contributed by atoms with Gasteiger partial charge in [-0.15, -0.1) is 0 Å². The Kier molecular flexibility index (Phi) is 4.97. The molecule has 4 atom stereocenters. The third-order valence-corrected chi connectivity index (χ3v) is 7.67. The van der Waals surface area contributed by atoms with E-state index < -0.39 is 23.9 Å². The highest BCUT2D eigenvalue weighted by Crippen LogP contribution is 2.53. The van der Waals surface area contributed by atoms with Crippen molar-refractivity contribution in [3.63, 3.8) is 0 Å². The summed E-state index contributed by atoms with van der Waals surface area (Å²) in [5.74, 6) is -2.29. The summed E-state index contributed by atoms with van der Waals surface area (Å²) >= 11 is 9.46. The molecule has 34 heavy (non-hydrogen) atoms. The summed E-state index contributed by atoms with van der Waals surface area (Å²) < 4.78 is 0.768. The maximum absolute atomic E-state index is 13.8. The summed E-state index contributed by atoms with van der Waals surface area (Å²) in [6, 6.07) is 20.4. The number of carbonyl (C=O) groups is 3. The minimum absolute atomic E-state index is 0.199. The molecule has 3 aromatic carbocycles. The number of hydrogen-bond acceptors (Lipinski definition) is 4. The van der Waals surface area contributed by atoms with Crippen LogP contribution in [0.15, 0.2) is 83.5 Å². The van der Waals surface area contributed by atoms with Crippen LogP contribution < -0.4 is 4.90 Å². The van der Waals surface area contributed by atoms with E-state index in [9.17, 15) is 14.4 Å². The van der Waals surface area contributed by atoms with E-state index in [4.69, 9.17) is 11.6 Å². The summed E-state index contributed by atoms with van der Waals surface area (Å²) in [6.45, 7) is 0. The molecule has 3 heterocycles. The van der Waals surface area contributed by atoms with Gasteiger partial charge in [-0.3, -0.25) is 14.4 Å². The number of amides is 2. The number of nitrogens with zero attached hydrogens (tertiary/aromatic N) is 2. The third-order valence-electron chi connectivity index (χ3n) is 6.93. The molecule has 3 aliphatic heterocycles. The molecular weight excluding hydrogens is 516 g/mol. The number of imide groups is 1. The molecule has 0 saturated carbocycles. The summed E-state index contributed by atoms with van der Waals surface area (Å²) in [4.78, 5) is 44.6. The fraction of sp³-hybridized carbons (Fsp3) is 0.148. The molecule has 2 saturated heterocycles. The van der Waals surface area contributed by atoms with Crippen LogP contribution in [0.3, 0.4) is 0 Å². The highest BCUT2D eigenvalue weighted by Gasteiger charge is 2.64. The van der Waals surface area contributed by atoms with Gasteiger partial charge in [0.2, 0.25) is 11.8 Å². The number of anilines is 1. The lowest BCUT2D eigenvalue weighted by Gasteiger charge is -2.35. The van der Waals surface area contributed by atoms with Gasteiger partial charge in [-0.2, -0.15) is 0 Å². The number of carbonyl (C=O) groups excluding carboxylic acids is 3. The summed E-state index contributed by atoms with van der Waals surface area (Å²) in [5.41, 5.74) is 2.90. The number of fused-ring (bicyclic) bond motifs is 5. The van der Waals surface area contributed by atoms with Gasteiger partial charge in [0, 0.05) is 21.3 Å². The van der Waals surface area contributed by atoms with E-state index in [1.807, 2.05) is 47.5 Å². The molecule has 7 heteroatoms. The normalized spacial score (nSPS) is 24.8. The Morgan fingerprint density at radius 1 is 0.882 bits per heavy atom. The Morgan fingerprint density at radius 3 is 2.38 bits per heavy atom. The third kappa shape index (κ3) is 3.09. The molecular formula is C27H18BrClN2O3. The predicted molar refractivity (Wildman–Crippen MR) is 133 cm³/mol. The molecule has 0 bridgehead atoms. The van der Waals surface area contributed by atoms with Crippen molar-refractivity contribution < 1.29 is 14.4 Å². The molecule has 3 aliphatic rings. The number of hydrogen-bond donors (Lipinski definition) is 0. The molecule has 3 aromatic rings. The molecule has 0 aromatic heterocycles. The fourth-order valence-corrected chi connectivity index (χ4v) is 6.02. The number of rotatable bonds is 3. The Balaban J connectivity index is 1.50. The number of ketones is 1. The Hall–Kier alpha value is -3.22. The van der Waals surface area contributed by atoms with Gasteiger partial charge in [-0.1, -0.05) is 57.9 Å². The van der Waals surface area contributed by atoms with Crippen LogP contribution in [-0.2, 0) is 9.59 Å². The molecule has 168 valence electrons. The summed E-state index contributed by atoms with van der Waals surface area (Å²) in [7, 11) is 0. The molecule has 0 N–H and O–H groups in total. The molecule has 2 amide bonds. The van der Waals surface area contributed by atoms with E-state index in [1.165, 1.54) is 4.90 Å². The van der Waals surface area contributed by atoms with Crippen LogP contribution in [0.1, 0.15) is 27.5 Å². The largest absolute Gasteiger partial charge is 0.358 e. The average Bonchev–Trinajstić information content (AvgIpc) is 3.31. The summed E-state index contributed by atoms with van der Waals surface area (Å²) in [5, 5.41) is 0.526. The molecule has 5 nitrogen and oxygen atoms in total. The zero-order valence-corrected chi connectivity index (χ0v) is 20.1. The fourth-order valence-electron chi connectivity index (χ4n) is 5.51. The van der Waals surface area contributed by atoms with Crippen molar-refractivity contribution >= 4 is 56.9 Å². The van der Waals surface area contributed by atoms with Crippen LogP contribution in [-0.4, -0.2) is 28.5 Å². The zero-order chi connectivity index (χ0) is 23.6. The van der Waals surface area contributed by atoms with Gasteiger partial charge in [-0.25, -0.2) is 4.90 Å². The average molecular weight is 534 g/mol. The highest BCUT2D eigenvalue weighted by molar-refractivity contribution is 9.10. The lowest BCUT2D eigenvalue weighted by atomic mass is 9.83. The summed E-state index contributed by atoms with van der Waals surface area (Å²) in [6.07, 6.45) is 3.80. The van der Waals surface area contributed by atoms with Gasteiger partial charge in [0.1, 0.15) is 6.04 Å². The highest BCUT2D eigenvalue weighted by atomic mass is 79.9. The number of halogens is 2. The van der Waals surface area contributed by atoms with Crippen molar-refractivity contribution in [2.24, 2.45) is 11.8 Å². The van der Waals surface area contributed by atoms with E-state index in [0.717, 1.165) is 15.6 Å². The van der Waals surface area contributed by atoms with Crippen LogP contribution in [0.25, 0.3) is 6.08 Å². The maximum Gasteiger partial charge on any atom is 0.240 e. The minimum atomic E-state index is -0.797. The second kappa shape index (κ2) is 7.93. The monoisotopic (exact) mass is 532 g/mol. The van der Waals surface area contributed by atoms with Crippen molar-refractivity contribution in [2.45, 2.75) is 12.1 Å². The first-order valence-corrected chi connectivity index (χ1v) is 12.1. The van der Waals surface area contributed by atoms with E-state index in [1.54, 1.807) is 42.5 Å². The van der Waals surface area contributed by atoms with Gasteiger partial charge in [0.15, 0.2) is 5.78 Å². The first kappa shape index (κ1) is 21.3. The van der Waals surface area contributed by atoms with E-state index >= 15 is 0 Å². The van der Waals surface area contributed by atoms with E-state index in [0.29, 0.717) is 16.3 Å². The lowest BCUT2D eigenvalue weighted by molar-refractivity contribution is -0.123. The van der Waals surface area contributed by atoms with Crippen LogP contribution in [0.4, 0.5) is 5.69 Å². The zero-order valence-electron chi connectivity index (χ0n) is 17.8. The Morgan fingerprint density at radius 2 is 1.62 bits per heavy atom. The molecule has 6 rings (SSSR count). The first-order chi connectivity index (χ1) is 16.5. The second-order valence-corrected chi connectivity index (χ2v) is 10.0. The van der Waals surface area contributed by atoms with Gasteiger partial charge in [0.05, 0.1) is 23.6 Å². The molecule has 0 unspecified atom stereocenters. The minimum Gasteiger partial charge on any atom is -0.358 e. The smallest absolute Gasteiger partial charge is 0.240 e. The van der Waals surface area contributed by atoms with E-state index in [2.05, 4.69) is 15.9 Å². The predicted octanol–water partition coefficient (Wildman–Crippen LogP) is 5.50. The quantitative estimate of drug-likeness (QED) is 0.330. The maximum atomic E-state index is 13.8. The van der Waals surface area contributed by atoms with Crippen molar-refractivity contribution in [3.05, 3.63) is 105 Å². The van der Waals surface area contributed by atoms with Crippen molar-refractivity contribution in [2.75, 3.05) is 4.90 Å². The van der Waals surface area contributed by atoms with Gasteiger partial charge in [0.25, 0.3) is 0 Å². The van der Waals surface area contributed by atoms with Gasteiger partial charge >= 0.3 is 0 Å². The van der Waals surface area contributed by atoms with Crippen molar-refractivity contribution in [1.82, 2.24) is 4.90 Å². The first-order valence-electron chi connectivity index (χ1n) is 10.9. The van der Waals surface area contributed by atoms with E-state index in [-0.39, 0.29) is 17.6 Å². The van der Waals surface area contributed by atoms with Crippen LogP contribution >= 0.6 is 27.5 Å². The molecule has 0 aliphatic carbocycles. The molecule has 2 fully saturated rings. The second-order valence-electron chi connectivity index (χ2n) is 8.70. The molecule has 0 spiro atoms. The number of Topliss-reactive ketones (excluding diaryl/α,β-unsaturated/α-hetero) is 1. The van der Waals surface area contributed by atoms with Gasteiger partial charge in [-0.05, 0) is 59.7 Å². The van der Waals surface area contributed by atoms with Crippen LogP contribution in [0, 0.1) is 11.8 Å². The van der Waals surface area contributed by atoms with Crippen molar-refractivity contribution in [3.8, 4) is 0 Å². The Bertz CT molecular complexity index is 1390. The topological polar surface area (TPSA) is 57.7 Å². The SMILES string of the molecule is O=C(c1ccc(Cl)cc1)[C@H]1[C@H]2C(=O)N(c3cccc(Br)c3)C(=O)[C@@H]2[C@@H]2c3ccccc3C=CN12. The van der Waals surface area contributed by atoms with Crippen molar-refractivity contribution in [1.29, 1.82) is 0 Å². The van der Waals surface area contributed by atoms with Gasteiger partial charge < -0.3 is 4.90 Å². The lowest BCUT2D eigenvalue weighted by Crippen LogP contribution is -2.44. The molecule has 0 radical (unpaired) electrons. The van der Waals surface area contributed by atoms with Crippen LogP contribution in [0.5, 0.6) is 0 Å². The Labute approximate surface area is 209 Å². The standard InChI is InChI=1S/C27H18BrClN2O3/c28-17-5-3-6-19(14-17)31-26(33)21-22(27(31)34)24(25(32)16-8-10-18(29)11-9-16)30-13-12-15-4-1-2-7-20(15)23(21)30/h1-14,21-24H/t21-,22-,23-,24+/m0/s1.